The number of carbonyl (C=O) groups excluding carboxylic acids is 2. The van der Waals surface area contributed by atoms with Crippen LogP contribution in [0.3, 0.4) is 0 Å². The molecule has 0 aliphatic carbocycles. The van der Waals surface area contributed by atoms with Crippen molar-refractivity contribution in [2.45, 2.75) is 44.7 Å². The Morgan fingerprint density at radius 3 is 2.47 bits per heavy atom. The average molecular weight is 480 g/mol. The topological polar surface area (TPSA) is 96.0 Å². The van der Waals surface area contributed by atoms with Crippen molar-refractivity contribution in [3.05, 3.63) is 45.8 Å². The van der Waals surface area contributed by atoms with Gasteiger partial charge in [-0.2, -0.15) is 4.31 Å². The molecular formula is C22H29N3O5S2. The Labute approximate surface area is 193 Å². The lowest BCUT2D eigenvalue weighted by Crippen LogP contribution is -2.33. The van der Waals surface area contributed by atoms with E-state index in [4.69, 9.17) is 4.74 Å². The van der Waals surface area contributed by atoms with Gasteiger partial charge in [-0.25, -0.2) is 13.2 Å². The number of likely N-dealkylation sites (N-methyl/N-ethyl adjacent to an activating group) is 1. The third-order valence-corrected chi connectivity index (χ3v) is 8.90. The second kappa shape index (κ2) is 9.70. The highest BCUT2D eigenvalue weighted by Gasteiger charge is 2.29. The molecule has 0 radical (unpaired) electrons. The molecule has 3 rings (SSSR count). The first-order valence-corrected chi connectivity index (χ1v) is 12.7. The summed E-state index contributed by atoms with van der Waals surface area (Å²) < 4.78 is 31.5. The second-order valence-electron chi connectivity index (χ2n) is 7.91. The maximum Gasteiger partial charge on any atom is 0.341 e. The van der Waals surface area contributed by atoms with Crippen LogP contribution in [0.4, 0.5) is 5.00 Å². The van der Waals surface area contributed by atoms with Crippen LogP contribution in [-0.2, 0) is 27.7 Å². The first-order valence-electron chi connectivity index (χ1n) is 10.4. The average Bonchev–Trinajstić information content (AvgIpc) is 3.14. The fourth-order valence-electron chi connectivity index (χ4n) is 3.53. The predicted molar refractivity (Wildman–Crippen MR) is 125 cm³/mol. The molecular weight excluding hydrogens is 450 g/mol. The summed E-state index contributed by atoms with van der Waals surface area (Å²) in [6.07, 6.45) is 0.718. The normalized spacial score (nSPS) is 14.5. The first kappa shape index (κ1) is 24.4. The molecule has 0 spiro atoms. The van der Waals surface area contributed by atoms with Crippen LogP contribution in [0.2, 0.25) is 0 Å². The number of benzene rings is 1. The van der Waals surface area contributed by atoms with Crippen LogP contribution in [-0.4, -0.2) is 62.8 Å². The quantitative estimate of drug-likeness (QED) is 0.613. The molecule has 2 heterocycles. The minimum absolute atomic E-state index is 0.117. The summed E-state index contributed by atoms with van der Waals surface area (Å²) in [5.74, 6) is -0.886. The van der Waals surface area contributed by atoms with Crippen molar-refractivity contribution in [3.8, 4) is 0 Å². The number of carbonyl (C=O) groups is 2. The van der Waals surface area contributed by atoms with Crippen molar-refractivity contribution in [2.24, 2.45) is 0 Å². The maximum absolute atomic E-state index is 12.9. The first-order chi connectivity index (χ1) is 15.1. The van der Waals surface area contributed by atoms with Gasteiger partial charge in [-0.1, -0.05) is 6.92 Å². The van der Waals surface area contributed by atoms with Crippen LogP contribution in [0.15, 0.2) is 29.2 Å². The van der Waals surface area contributed by atoms with Crippen molar-refractivity contribution in [3.63, 3.8) is 0 Å². The SMILES string of the molecule is CCN1CCc2c(sc(NC(=O)c3ccc(S(=O)(=O)N(C)C(C)C)cc3)c2C(=O)OC)C1. The third-order valence-electron chi connectivity index (χ3n) is 5.72. The van der Waals surface area contributed by atoms with E-state index in [-0.39, 0.29) is 10.9 Å². The summed E-state index contributed by atoms with van der Waals surface area (Å²) in [6, 6.07) is 5.60. The summed E-state index contributed by atoms with van der Waals surface area (Å²) in [5, 5.41) is 3.29. The van der Waals surface area contributed by atoms with E-state index in [0.717, 1.165) is 36.5 Å². The van der Waals surface area contributed by atoms with E-state index in [1.165, 1.54) is 54.1 Å². The molecule has 0 unspecified atom stereocenters. The van der Waals surface area contributed by atoms with Gasteiger partial charge in [-0.05, 0) is 56.6 Å². The van der Waals surface area contributed by atoms with Gasteiger partial charge in [0, 0.05) is 36.6 Å². The number of amides is 1. The smallest absolute Gasteiger partial charge is 0.341 e. The summed E-state index contributed by atoms with van der Waals surface area (Å²) in [6.45, 7) is 8.15. The molecule has 0 saturated carbocycles. The lowest BCUT2D eigenvalue weighted by atomic mass is 10.0. The molecule has 0 saturated heterocycles. The number of anilines is 1. The standard InChI is InChI=1S/C22H29N3O5S2/c1-6-25-12-11-17-18(13-25)31-21(19(17)22(27)30-5)23-20(26)15-7-9-16(10-8-15)32(28,29)24(4)14(2)3/h7-10,14H,6,11-13H2,1-5H3,(H,23,26). The number of esters is 1. The van der Waals surface area contributed by atoms with Gasteiger partial charge in [0.15, 0.2) is 0 Å². The Bertz CT molecular complexity index is 1110. The maximum atomic E-state index is 12.9. The Kier molecular flexibility index (Phi) is 7.39. The number of sulfonamides is 1. The van der Waals surface area contributed by atoms with Crippen LogP contribution in [0.5, 0.6) is 0 Å². The monoisotopic (exact) mass is 479 g/mol. The van der Waals surface area contributed by atoms with E-state index in [1.54, 1.807) is 13.8 Å². The fourth-order valence-corrected chi connectivity index (χ4v) is 6.17. The van der Waals surface area contributed by atoms with E-state index in [9.17, 15) is 18.0 Å². The highest BCUT2D eigenvalue weighted by molar-refractivity contribution is 7.89. The molecule has 2 aromatic rings. The zero-order valence-electron chi connectivity index (χ0n) is 19.0. The Hall–Kier alpha value is -2.27. The minimum Gasteiger partial charge on any atom is -0.465 e. The van der Waals surface area contributed by atoms with Crippen molar-refractivity contribution in [1.29, 1.82) is 0 Å². The van der Waals surface area contributed by atoms with Gasteiger partial charge in [0.25, 0.3) is 5.91 Å². The van der Waals surface area contributed by atoms with E-state index in [0.29, 0.717) is 16.1 Å². The number of hydrogen-bond donors (Lipinski definition) is 1. The molecule has 0 atom stereocenters. The summed E-state index contributed by atoms with van der Waals surface area (Å²) in [5.41, 5.74) is 1.64. The van der Waals surface area contributed by atoms with Gasteiger partial charge in [0.05, 0.1) is 17.6 Å². The highest BCUT2D eigenvalue weighted by Crippen LogP contribution is 2.37. The molecule has 0 bridgehead atoms. The molecule has 0 fully saturated rings. The Morgan fingerprint density at radius 2 is 1.91 bits per heavy atom. The number of hydrogen-bond acceptors (Lipinski definition) is 7. The third kappa shape index (κ3) is 4.73. The predicted octanol–water partition coefficient (Wildman–Crippen LogP) is 3.19. The summed E-state index contributed by atoms with van der Waals surface area (Å²) in [4.78, 5) is 28.8. The second-order valence-corrected chi connectivity index (χ2v) is 11.0. The van der Waals surface area contributed by atoms with Crippen molar-refractivity contribution >= 4 is 38.2 Å². The van der Waals surface area contributed by atoms with Crippen LogP contribution in [0.1, 0.15) is 51.9 Å². The van der Waals surface area contributed by atoms with E-state index < -0.39 is 21.9 Å². The van der Waals surface area contributed by atoms with Crippen LogP contribution >= 0.6 is 11.3 Å². The van der Waals surface area contributed by atoms with Crippen molar-refractivity contribution in [2.75, 3.05) is 32.6 Å². The number of methoxy groups -OCH3 is 1. The van der Waals surface area contributed by atoms with Crippen molar-refractivity contribution < 1.29 is 22.7 Å². The van der Waals surface area contributed by atoms with Gasteiger partial charge in [0.1, 0.15) is 5.00 Å². The molecule has 1 aromatic heterocycles. The zero-order chi connectivity index (χ0) is 23.6. The molecule has 8 nitrogen and oxygen atoms in total. The van der Waals surface area contributed by atoms with E-state index >= 15 is 0 Å². The van der Waals surface area contributed by atoms with E-state index in [2.05, 4.69) is 17.1 Å². The van der Waals surface area contributed by atoms with E-state index in [1.807, 2.05) is 0 Å². The van der Waals surface area contributed by atoms with Crippen LogP contribution in [0.25, 0.3) is 0 Å². The molecule has 32 heavy (non-hydrogen) atoms. The van der Waals surface area contributed by atoms with Crippen molar-refractivity contribution in [1.82, 2.24) is 9.21 Å². The largest absolute Gasteiger partial charge is 0.465 e. The number of nitrogens with zero attached hydrogens (tertiary/aromatic N) is 2. The molecule has 1 aliphatic rings. The summed E-state index contributed by atoms with van der Waals surface area (Å²) >= 11 is 1.39. The fraction of sp³-hybridized carbons (Fsp3) is 0.455. The van der Waals surface area contributed by atoms with Gasteiger partial charge in [-0.3, -0.25) is 9.69 Å². The van der Waals surface area contributed by atoms with Crippen LogP contribution in [0, 0.1) is 0 Å². The lowest BCUT2D eigenvalue weighted by molar-refractivity contribution is 0.0600. The van der Waals surface area contributed by atoms with Gasteiger partial charge in [0.2, 0.25) is 10.0 Å². The highest BCUT2D eigenvalue weighted by atomic mass is 32.2. The molecule has 1 amide bonds. The molecule has 1 aromatic carbocycles. The molecule has 10 heteroatoms. The Balaban J connectivity index is 1.86. The van der Waals surface area contributed by atoms with Gasteiger partial charge in [-0.15, -0.1) is 11.3 Å². The number of rotatable bonds is 7. The number of nitrogens with one attached hydrogen (secondary N) is 1. The summed E-state index contributed by atoms with van der Waals surface area (Å²) in [7, 11) is -0.786. The Morgan fingerprint density at radius 1 is 1.25 bits per heavy atom. The molecule has 1 N–H and O–H groups in total. The molecule has 174 valence electrons. The van der Waals surface area contributed by atoms with Gasteiger partial charge < -0.3 is 10.1 Å². The minimum atomic E-state index is -3.63. The molecule has 1 aliphatic heterocycles. The number of ether oxygens (including phenoxy) is 1. The van der Waals surface area contributed by atoms with Crippen LogP contribution < -0.4 is 5.32 Å². The lowest BCUT2D eigenvalue weighted by Gasteiger charge is -2.25. The zero-order valence-corrected chi connectivity index (χ0v) is 20.6. The van der Waals surface area contributed by atoms with Gasteiger partial charge >= 0.3 is 5.97 Å². The number of thiophene rings is 1. The number of fused-ring (bicyclic) bond motifs is 1.